The molecule has 0 aliphatic heterocycles. The van der Waals surface area contributed by atoms with Gasteiger partial charge in [0.2, 0.25) is 0 Å². The van der Waals surface area contributed by atoms with Crippen LogP contribution in [-0.2, 0) is 23.7 Å². The lowest BCUT2D eigenvalue weighted by Crippen LogP contribution is -2.31. The predicted octanol–water partition coefficient (Wildman–Crippen LogP) is 25.7. The van der Waals surface area contributed by atoms with Crippen LogP contribution in [-0.4, -0.2) is 0 Å². The van der Waals surface area contributed by atoms with Crippen LogP contribution in [0.15, 0.2) is 291 Å². The van der Waals surface area contributed by atoms with Crippen LogP contribution in [0.5, 0.6) is 0 Å². The highest BCUT2D eigenvalue weighted by Gasteiger charge is 2.44. The van der Waals surface area contributed by atoms with Gasteiger partial charge in [-0.2, -0.15) is 0 Å². The van der Waals surface area contributed by atoms with Gasteiger partial charge < -0.3 is 9.80 Å². The van der Waals surface area contributed by atoms with Crippen LogP contribution in [0.25, 0.3) is 67.8 Å². The summed E-state index contributed by atoms with van der Waals surface area (Å²) in [5, 5.41) is 0. The van der Waals surface area contributed by atoms with Crippen LogP contribution in [0.3, 0.4) is 0 Å². The molecule has 14 rings (SSSR count). The number of rotatable bonds is 21. The van der Waals surface area contributed by atoms with E-state index in [1.54, 1.807) is 0 Å². The van der Waals surface area contributed by atoms with Gasteiger partial charge >= 0.3 is 0 Å². The highest BCUT2D eigenvalue weighted by molar-refractivity contribution is 5.89. The van der Waals surface area contributed by atoms with Crippen LogP contribution < -0.4 is 9.80 Å². The van der Waals surface area contributed by atoms with E-state index in [1.807, 2.05) is 0 Å². The summed E-state index contributed by atoms with van der Waals surface area (Å²) in [4.78, 5) is 4.71. The van der Waals surface area contributed by atoms with Crippen molar-refractivity contribution in [2.45, 2.75) is 104 Å². The molecule has 2 aliphatic carbocycles. The van der Waals surface area contributed by atoms with Gasteiger partial charge in [-0.3, -0.25) is 0 Å². The Morgan fingerprint density at radius 3 is 1.02 bits per heavy atom. The number of hydrogen-bond acceptors (Lipinski definition) is 2. The van der Waals surface area contributed by atoms with Crippen molar-refractivity contribution in [1.29, 1.82) is 0 Å². The molecular weight excluding hydrogens is 1130 g/mol. The second-order valence-corrected chi connectivity index (χ2v) is 26.8. The van der Waals surface area contributed by atoms with Gasteiger partial charge in [-0.15, -0.1) is 0 Å². The standard InChI is InChI=1S/C92H84N2/c1-7-9-11-15-21-67-30-34-69(35-31-67)63-92(64-70-36-32-68(33-37-70)22-16-12-10-8-2)89-59-66(4)29-55-85(89)86-58-46-76(62-90(86)92)73-42-53-82(54-43-73)94(78-25-19-14-20-26-78)81-51-40-72(41-52-81)75-45-57-84-83-56-44-74(60-87(83)91(5,6)88(84)61-75)71-38-49-80(50-39-71)93(77-23-17-13-18-24-77)79-47-27-65(3)28-48-79/h13-62H,7-12,63-64H2,1-6H3/b21-15+,22-16?. The van der Waals surface area contributed by atoms with E-state index in [0.29, 0.717) is 0 Å². The zero-order valence-corrected chi connectivity index (χ0v) is 55.4. The first kappa shape index (κ1) is 61.2. The molecule has 12 aromatic rings. The lowest BCUT2D eigenvalue weighted by atomic mass is 9.69. The third-order valence-electron chi connectivity index (χ3n) is 19.9. The highest BCUT2D eigenvalue weighted by Crippen LogP contribution is 2.55. The molecule has 1 atom stereocenters. The molecule has 0 spiro atoms. The summed E-state index contributed by atoms with van der Waals surface area (Å²) in [5.41, 5.74) is 32.2. The Labute approximate surface area is 558 Å². The minimum atomic E-state index is -0.296. The molecule has 0 saturated carbocycles. The highest BCUT2D eigenvalue weighted by atomic mass is 15.1. The number of allylic oxidation sites excluding steroid dienone is 2. The van der Waals surface area contributed by atoms with Crippen molar-refractivity contribution in [3.63, 3.8) is 0 Å². The molecule has 0 heterocycles. The Kier molecular flexibility index (Phi) is 17.4. The second kappa shape index (κ2) is 26.7. The molecule has 2 heteroatoms. The lowest BCUT2D eigenvalue weighted by Gasteiger charge is -2.33. The van der Waals surface area contributed by atoms with Gasteiger partial charge in [0, 0.05) is 45.0 Å². The number of aryl methyl sites for hydroxylation is 2. The van der Waals surface area contributed by atoms with E-state index >= 15 is 0 Å². The van der Waals surface area contributed by atoms with Crippen LogP contribution in [0.2, 0.25) is 0 Å². The van der Waals surface area contributed by atoms with E-state index in [9.17, 15) is 0 Å². The molecule has 94 heavy (non-hydrogen) atoms. The minimum Gasteiger partial charge on any atom is -0.311 e. The molecule has 0 amide bonds. The Hall–Kier alpha value is -10.3. The quantitative estimate of drug-likeness (QED) is 0.0662. The van der Waals surface area contributed by atoms with Gasteiger partial charge in [0.15, 0.2) is 0 Å². The first-order valence-corrected chi connectivity index (χ1v) is 34.2. The average Bonchev–Trinajstić information content (AvgIpc) is 1.57. The molecule has 462 valence electrons. The third-order valence-corrected chi connectivity index (χ3v) is 19.9. The molecular formula is C92H84N2. The van der Waals surface area contributed by atoms with E-state index in [1.165, 1.54) is 137 Å². The van der Waals surface area contributed by atoms with Gasteiger partial charge in [0.25, 0.3) is 0 Å². The van der Waals surface area contributed by atoms with Gasteiger partial charge in [-0.05, 0) is 231 Å². The maximum Gasteiger partial charge on any atom is 0.0462 e. The molecule has 0 radical (unpaired) electrons. The lowest BCUT2D eigenvalue weighted by molar-refractivity contribution is 0.520. The van der Waals surface area contributed by atoms with Crippen LogP contribution in [0.1, 0.15) is 122 Å². The molecule has 0 bridgehead atoms. The van der Waals surface area contributed by atoms with Crippen molar-refractivity contribution >= 4 is 46.3 Å². The number of benzene rings is 12. The van der Waals surface area contributed by atoms with Gasteiger partial charge in [0.1, 0.15) is 0 Å². The molecule has 0 aromatic heterocycles. The van der Waals surface area contributed by atoms with Crippen LogP contribution >= 0.6 is 0 Å². The zero-order chi connectivity index (χ0) is 64.2. The summed E-state index contributed by atoms with van der Waals surface area (Å²) < 4.78 is 0. The Morgan fingerprint density at radius 2 is 0.628 bits per heavy atom. The summed E-state index contributed by atoms with van der Waals surface area (Å²) in [7, 11) is 0. The number of anilines is 6. The van der Waals surface area contributed by atoms with E-state index < -0.39 is 0 Å². The topological polar surface area (TPSA) is 6.48 Å². The predicted molar refractivity (Wildman–Crippen MR) is 403 cm³/mol. The maximum atomic E-state index is 2.53. The Morgan fingerprint density at radius 1 is 0.309 bits per heavy atom. The van der Waals surface area contributed by atoms with E-state index in [0.717, 1.165) is 59.8 Å². The summed E-state index contributed by atoms with van der Waals surface area (Å²) in [6.45, 7) is 13.7. The van der Waals surface area contributed by atoms with Crippen molar-refractivity contribution in [2.24, 2.45) is 0 Å². The summed E-state index contributed by atoms with van der Waals surface area (Å²) >= 11 is 0. The first-order chi connectivity index (χ1) is 46.0. The van der Waals surface area contributed by atoms with Gasteiger partial charge in [-0.25, -0.2) is 0 Å². The maximum absolute atomic E-state index is 2.53. The fraction of sp³-hybridized carbons (Fsp3) is 0.174. The monoisotopic (exact) mass is 1220 g/mol. The van der Waals surface area contributed by atoms with Gasteiger partial charge in [-0.1, -0.05) is 277 Å². The minimum absolute atomic E-state index is 0.189. The van der Waals surface area contributed by atoms with Crippen molar-refractivity contribution < 1.29 is 0 Å². The van der Waals surface area contributed by atoms with E-state index in [4.69, 9.17) is 0 Å². The summed E-state index contributed by atoms with van der Waals surface area (Å²) in [5.74, 6) is 0. The molecule has 2 aliphatic rings. The van der Waals surface area contributed by atoms with E-state index in [-0.39, 0.29) is 10.8 Å². The fourth-order valence-corrected chi connectivity index (χ4v) is 14.8. The molecule has 0 fully saturated rings. The van der Waals surface area contributed by atoms with Crippen LogP contribution in [0, 0.1) is 13.8 Å². The largest absolute Gasteiger partial charge is 0.311 e. The van der Waals surface area contributed by atoms with Crippen molar-refractivity contribution in [1.82, 2.24) is 0 Å². The molecule has 0 N–H and O–H groups in total. The number of fused-ring (bicyclic) bond motifs is 6. The molecule has 1 unspecified atom stereocenters. The summed E-state index contributed by atoms with van der Waals surface area (Å²) in [6.07, 6.45) is 18.1. The van der Waals surface area contributed by atoms with Gasteiger partial charge in [0.05, 0.1) is 0 Å². The average molecular weight is 1220 g/mol. The van der Waals surface area contributed by atoms with Crippen molar-refractivity contribution in [3.8, 4) is 55.6 Å². The molecule has 2 nitrogen and oxygen atoms in total. The fourth-order valence-electron chi connectivity index (χ4n) is 14.8. The summed E-state index contributed by atoms with van der Waals surface area (Å²) in [6, 6.07) is 105. The number of para-hydroxylation sites is 2. The third kappa shape index (κ3) is 12.3. The second-order valence-electron chi connectivity index (χ2n) is 26.8. The van der Waals surface area contributed by atoms with Crippen molar-refractivity contribution in [2.75, 3.05) is 9.80 Å². The number of nitrogens with zero attached hydrogens (tertiary/aromatic N) is 2. The SMILES string of the molecule is CCCCC=Cc1ccc(CC2(Cc3ccc(/C=C/CCCC)cc3)c3cc(C)ccc3-c3ccc(-c4ccc(N(c5ccccc5)c5ccc(-c6ccc7c(c6)C(C)(C)c6cc(-c8ccc(N(c9ccccc9)c9ccc(C)cc9)cc8)ccc6-7)cc5)cc4)cc32)cc1. The normalized spacial score (nSPS) is 14.2. The Bertz CT molecular complexity index is 4600. The smallest absolute Gasteiger partial charge is 0.0462 e. The number of unbranched alkanes of at least 4 members (excludes halogenated alkanes) is 4. The molecule has 12 aromatic carbocycles. The van der Waals surface area contributed by atoms with E-state index in [2.05, 4.69) is 355 Å². The number of hydrogen-bond donors (Lipinski definition) is 0. The molecule has 0 saturated heterocycles. The first-order valence-electron chi connectivity index (χ1n) is 34.2. The Balaban J connectivity index is 0.743. The zero-order valence-electron chi connectivity index (χ0n) is 55.4. The van der Waals surface area contributed by atoms with Crippen molar-refractivity contribution in [3.05, 3.63) is 347 Å². The van der Waals surface area contributed by atoms with Crippen LogP contribution in [0.4, 0.5) is 34.1 Å².